The number of aromatic nitrogens is 4. The summed E-state index contributed by atoms with van der Waals surface area (Å²) in [5.74, 6) is 1.63. The number of rotatable bonds is 4. The fourth-order valence-electron chi connectivity index (χ4n) is 2.80. The Morgan fingerprint density at radius 2 is 1.83 bits per heavy atom. The van der Waals surface area contributed by atoms with Crippen molar-refractivity contribution in [1.29, 1.82) is 0 Å². The van der Waals surface area contributed by atoms with Gasteiger partial charge in [-0.25, -0.2) is 4.98 Å². The second kappa shape index (κ2) is 5.90. The first-order chi connectivity index (χ1) is 11.8. The average molecular weight is 320 g/mol. The Labute approximate surface area is 138 Å². The molecule has 0 aliphatic carbocycles. The van der Waals surface area contributed by atoms with Crippen LogP contribution in [0.1, 0.15) is 17.2 Å². The standard InChI is InChI=1S/C18H16N4O2/c1-12-6-2-3-7-13(12)18-20-16(21-24-18)10-22-15-9-5-4-8-14(15)19-17(22)11-23/h2-9,23H,10-11H2,1H3. The summed E-state index contributed by atoms with van der Waals surface area (Å²) in [6, 6.07) is 15.6. The van der Waals surface area contributed by atoms with Gasteiger partial charge < -0.3 is 14.2 Å². The van der Waals surface area contributed by atoms with Crippen LogP contribution in [0.4, 0.5) is 0 Å². The van der Waals surface area contributed by atoms with Gasteiger partial charge in [0.2, 0.25) is 0 Å². The van der Waals surface area contributed by atoms with E-state index in [1.807, 2.05) is 60.0 Å². The Balaban J connectivity index is 1.71. The highest BCUT2D eigenvalue weighted by Crippen LogP contribution is 2.22. The van der Waals surface area contributed by atoms with Crippen LogP contribution in [0.3, 0.4) is 0 Å². The van der Waals surface area contributed by atoms with Gasteiger partial charge in [-0.2, -0.15) is 4.98 Å². The molecule has 4 rings (SSSR count). The Morgan fingerprint density at radius 1 is 1.04 bits per heavy atom. The zero-order valence-electron chi connectivity index (χ0n) is 13.2. The number of benzene rings is 2. The number of para-hydroxylation sites is 2. The zero-order valence-corrected chi connectivity index (χ0v) is 13.2. The lowest BCUT2D eigenvalue weighted by molar-refractivity contribution is 0.266. The Morgan fingerprint density at radius 3 is 2.67 bits per heavy atom. The minimum absolute atomic E-state index is 0.142. The monoisotopic (exact) mass is 320 g/mol. The number of aryl methyl sites for hydroxylation is 1. The van der Waals surface area contributed by atoms with Crippen molar-refractivity contribution in [2.24, 2.45) is 0 Å². The molecule has 2 aromatic heterocycles. The largest absolute Gasteiger partial charge is 0.388 e. The van der Waals surface area contributed by atoms with Gasteiger partial charge in [-0.05, 0) is 30.7 Å². The van der Waals surface area contributed by atoms with E-state index in [9.17, 15) is 5.11 Å². The van der Waals surface area contributed by atoms with E-state index in [1.165, 1.54) is 0 Å². The van der Waals surface area contributed by atoms with Crippen molar-refractivity contribution in [3.05, 3.63) is 65.7 Å². The van der Waals surface area contributed by atoms with Crippen molar-refractivity contribution < 1.29 is 9.63 Å². The highest BCUT2D eigenvalue weighted by atomic mass is 16.5. The summed E-state index contributed by atoms with van der Waals surface area (Å²) in [6.07, 6.45) is 0. The van der Waals surface area contributed by atoms with E-state index in [1.54, 1.807) is 0 Å². The molecule has 1 N–H and O–H groups in total. The maximum Gasteiger partial charge on any atom is 0.258 e. The normalized spacial score (nSPS) is 11.2. The summed E-state index contributed by atoms with van der Waals surface area (Å²) < 4.78 is 7.31. The number of aliphatic hydroxyl groups is 1. The van der Waals surface area contributed by atoms with Crippen molar-refractivity contribution in [3.8, 4) is 11.5 Å². The molecule has 0 aliphatic heterocycles. The van der Waals surface area contributed by atoms with Crippen molar-refractivity contribution in [2.45, 2.75) is 20.1 Å². The third-order valence-corrected chi connectivity index (χ3v) is 4.02. The zero-order chi connectivity index (χ0) is 16.5. The molecule has 0 bridgehead atoms. The van der Waals surface area contributed by atoms with Crippen LogP contribution in [0.5, 0.6) is 0 Å². The van der Waals surface area contributed by atoms with Crippen LogP contribution in [0.2, 0.25) is 0 Å². The SMILES string of the molecule is Cc1ccccc1-c1nc(Cn2c(CO)nc3ccccc32)no1. The summed E-state index contributed by atoms with van der Waals surface area (Å²) in [6.45, 7) is 2.26. The van der Waals surface area contributed by atoms with E-state index in [0.717, 1.165) is 22.2 Å². The molecule has 120 valence electrons. The summed E-state index contributed by atoms with van der Waals surface area (Å²) in [7, 11) is 0. The first-order valence-corrected chi connectivity index (χ1v) is 7.70. The molecule has 0 fully saturated rings. The fourth-order valence-corrected chi connectivity index (χ4v) is 2.80. The van der Waals surface area contributed by atoms with Crippen molar-refractivity contribution in [2.75, 3.05) is 0 Å². The highest BCUT2D eigenvalue weighted by molar-refractivity contribution is 5.76. The van der Waals surface area contributed by atoms with E-state index >= 15 is 0 Å². The molecule has 0 unspecified atom stereocenters. The Bertz CT molecular complexity index is 1000. The quantitative estimate of drug-likeness (QED) is 0.625. The van der Waals surface area contributed by atoms with Crippen molar-refractivity contribution >= 4 is 11.0 Å². The number of fused-ring (bicyclic) bond motifs is 1. The van der Waals surface area contributed by atoms with Gasteiger partial charge in [0.1, 0.15) is 12.4 Å². The van der Waals surface area contributed by atoms with Crippen LogP contribution in [-0.2, 0) is 13.2 Å². The van der Waals surface area contributed by atoms with E-state index in [-0.39, 0.29) is 6.61 Å². The minimum Gasteiger partial charge on any atom is -0.388 e. The molecule has 0 spiro atoms. The van der Waals surface area contributed by atoms with Crippen LogP contribution in [0.25, 0.3) is 22.5 Å². The van der Waals surface area contributed by atoms with Crippen LogP contribution < -0.4 is 0 Å². The molecule has 0 saturated carbocycles. The van der Waals surface area contributed by atoms with Gasteiger partial charge in [0.05, 0.1) is 17.6 Å². The number of nitrogens with zero attached hydrogens (tertiary/aromatic N) is 4. The molecule has 0 saturated heterocycles. The first-order valence-electron chi connectivity index (χ1n) is 7.70. The smallest absolute Gasteiger partial charge is 0.258 e. The molecule has 0 atom stereocenters. The average Bonchev–Trinajstić information content (AvgIpc) is 3.21. The topological polar surface area (TPSA) is 77.0 Å². The van der Waals surface area contributed by atoms with E-state index in [2.05, 4.69) is 15.1 Å². The maximum absolute atomic E-state index is 9.57. The van der Waals surface area contributed by atoms with Gasteiger partial charge >= 0.3 is 0 Å². The summed E-state index contributed by atoms with van der Waals surface area (Å²) in [4.78, 5) is 8.92. The van der Waals surface area contributed by atoms with Gasteiger partial charge in [-0.1, -0.05) is 35.5 Å². The molecule has 0 aliphatic rings. The summed E-state index contributed by atoms with van der Waals surface area (Å²) in [5.41, 5.74) is 3.78. The van der Waals surface area contributed by atoms with E-state index in [0.29, 0.717) is 24.1 Å². The van der Waals surface area contributed by atoms with Crippen LogP contribution >= 0.6 is 0 Å². The molecule has 24 heavy (non-hydrogen) atoms. The second-order valence-corrected chi connectivity index (χ2v) is 5.59. The molecule has 2 aromatic carbocycles. The van der Waals surface area contributed by atoms with Gasteiger partial charge in [0.25, 0.3) is 5.89 Å². The third kappa shape index (κ3) is 2.47. The van der Waals surface area contributed by atoms with Crippen molar-refractivity contribution in [3.63, 3.8) is 0 Å². The maximum atomic E-state index is 9.57. The van der Waals surface area contributed by atoms with Crippen molar-refractivity contribution in [1.82, 2.24) is 19.7 Å². The molecule has 6 nitrogen and oxygen atoms in total. The third-order valence-electron chi connectivity index (χ3n) is 4.02. The predicted molar refractivity (Wildman–Crippen MR) is 89.2 cm³/mol. The molecule has 6 heteroatoms. The predicted octanol–water partition coefficient (Wildman–Crippen LogP) is 2.94. The first kappa shape index (κ1) is 14.6. The van der Waals surface area contributed by atoms with E-state index < -0.39 is 0 Å². The molecular formula is C18H16N4O2. The second-order valence-electron chi connectivity index (χ2n) is 5.59. The lowest BCUT2D eigenvalue weighted by atomic mass is 10.1. The molecule has 2 heterocycles. The van der Waals surface area contributed by atoms with E-state index in [4.69, 9.17) is 4.52 Å². The molecular weight excluding hydrogens is 304 g/mol. The summed E-state index contributed by atoms with van der Waals surface area (Å²) >= 11 is 0. The Hall–Kier alpha value is -2.99. The van der Waals surface area contributed by atoms with Gasteiger partial charge in [0, 0.05) is 5.56 Å². The number of aliphatic hydroxyl groups excluding tert-OH is 1. The number of hydrogen-bond acceptors (Lipinski definition) is 5. The molecule has 4 aromatic rings. The van der Waals surface area contributed by atoms with Crippen LogP contribution in [0.15, 0.2) is 53.1 Å². The Kier molecular flexibility index (Phi) is 3.59. The number of imidazole rings is 1. The minimum atomic E-state index is -0.142. The van der Waals surface area contributed by atoms with Gasteiger partial charge in [-0.15, -0.1) is 0 Å². The summed E-state index contributed by atoms with van der Waals surface area (Å²) in [5, 5.41) is 13.6. The molecule has 0 amide bonds. The fraction of sp³-hybridized carbons (Fsp3) is 0.167. The number of hydrogen-bond donors (Lipinski definition) is 1. The lowest BCUT2D eigenvalue weighted by Crippen LogP contribution is -2.06. The van der Waals surface area contributed by atoms with Gasteiger partial charge in [-0.3, -0.25) is 0 Å². The highest BCUT2D eigenvalue weighted by Gasteiger charge is 2.15. The van der Waals surface area contributed by atoms with Crippen LogP contribution in [-0.4, -0.2) is 24.8 Å². The lowest BCUT2D eigenvalue weighted by Gasteiger charge is -2.04. The molecule has 0 radical (unpaired) electrons. The van der Waals surface area contributed by atoms with Crippen LogP contribution in [0, 0.1) is 6.92 Å². The van der Waals surface area contributed by atoms with Gasteiger partial charge in [0.15, 0.2) is 5.82 Å².